The summed E-state index contributed by atoms with van der Waals surface area (Å²) < 4.78 is 16.4. The van der Waals surface area contributed by atoms with Gasteiger partial charge in [0.2, 0.25) is 11.7 Å². The Morgan fingerprint density at radius 2 is 1.84 bits per heavy atom. The minimum absolute atomic E-state index is 0.0537. The third-order valence-electron chi connectivity index (χ3n) is 4.58. The van der Waals surface area contributed by atoms with Gasteiger partial charge in [0.1, 0.15) is 17.7 Å². The Hall–Kier alpha value is -2.77. The van der Waals surface area contributed by atoms with Gasteiger partial charge in [0.15, 0.2) is 11.5 Å². The second-order valence-corrected chi connectivity index (χ2v) is 5.97. The Bertz CT molecular complexity index is 811. The third-order valence-corrected chi connectivity index (χ3v) is 4.58. The molecule has 1 saturated heterocycles. The number of piperazine rings is 1. The van der Waals surface area contributed by atoms with Gasteiger partial charge in [-0.05, 0) is 13.0 Å². The monoisotopic (exact) mass is 346 g/mol. The highest BCUT2D eigenvalue weighted by Crippen LogP contribution is 2.44. The average molecular weight is 346 g/mol. The highest BCUT2D eigenvalue weighted by atomic mass is 16.5. The van der Waals surface area contributed by atoms with E-state index in [-0.39, 0.29) is 18.5 Å². The zero-order valence-corrected chi connectivity index (χ0v) is 15.1. The molecule has 0 saturated carbocycles. The molecule has 1 aromatic carbocycles. The predicted octanol–water partition coefficient (Wildman–Crippen LogP) is 1.32. The number of carbonyl (C=O) groups is 1. The second kappa shape index (κ2) is 6.62. The van der Waals surface area contributed by atoms with Crippen LogP contribution in [0.2, 0.25) is 0 Å². The number of methoxy groups -OCH3 is 3. The fraction of sp³-hybridized carbons (Fsp3) is 0.471. The van der Waals surface area contributed by atoms with Crippen LogP contribution in [0.1, 0.15) is 6.92 Å². The molecule has 1 amide bonds. The Labute approximate surface area is 146 Å². The molecule has 0 aliphatic carbocycles. The van der Waals surface area contributed by atoms with Crippen molar-refractivity contribution in [3.8, 4) is 17.2 Å². The molecule has 1 aliphatic heterocycles. The maximum absolute atomic E-state index is 12.2. The van der Waals surface area contributed by atoms with Gasteiger partial charge in [-0.1, -0.05) is 0 Å². The van der Waals surface area contributed by atoms with Gasteiger partial charge in [-0.2, -0.15) is 0 Å². The summed E-state index contributed by atoms with van der Waals surface area (Å²) in [6, 6.07) is 1.91. The molecule has 2 heterocycles. The van der Waals surface area contributed by atoms with Crippen molar-refractivity contribution in [3.63, 3.8) is 0 Å². The van der Waals surface area contributed by atoms with Crippen molar-refractivity contribution in [2.75, 3.05) is 46.4 Å². The highest BCUT2D eigenvalue weighted by Gasteiger charge is 2.30. The lowest BCUT2D eigenvalue weighted by atomic mass is 10.1. The lowest BCUT2D eigenvalue weighted by molar-refractivity contribution is -0.131. The molecule has 0 unspecified atom stereocenters. The lowest BCUT2D eigenvalue weighted by Gasteiger charge is -2.38. The van der Waals surface area contributed by atoms with Crippen molar-refractivity contribution < 1.29 is 19.0 Å². The zero-order valence-electron chi connectivity index (χ0n) is 15.1. The first-order valence-electron chi connectivity index (χ1n) is 7.96. The zero-order chi connectivity index (χ0) is 18.1. The van der Waals surface area contributed by atoms with Gasteiger partial charge in [-0.25, -0.2) is 9.97 Å². The number of fused-ring (bicyclic) bond motifs is 1. The quantitative estimate of drug-likeness (QED) is 0.826. The summed E-state index contributed by atoms with van der Waals surface area (Å²) in [4.78, 5) is 24.7. The second-order valence-electron chi connectivity index (χ2n) is 5.97. The fourth-order valence-corrected chi connectivity index (χ4v) is 3.09. The minimum atomic E-state index is 0.0537. The van der Waals surface area contributed by atoms with Crippen LogP contribution in [-0.4, -0.2) is 68.3 Å². The molecular formula is C17H22N4O4. The van der Waals surface area contributed by atoms with Crippen molar-refractivity contribution >= 4 is 22.6 Å². The summed E-state index contributed by atoms with van der Waals surface area (Å²) in [5.74, 6) is 2.21. The van der Waals surface area contributed by atoms with E-state index < -0.39 is 0 Å². The van der Waals surface area contributed by atoms with E-state index in [9.17, 15) is 4.79 Å². The predicted molar refractivity (Wildman–Crippen MR) is 93.6 cm³/mol. The number of likely N-dealkylation sites (N-methyl/N-ethyl adjacent to an activating group) is 1. The number of nitrogens with zero attached hydrogens (tertiary/aromatic N) is 4. The molecule has 25 heavy (non-hydrogen) atoms. The summed E-state index contributed by atoms with van der Waals surface area (Å²) in [7, 11) is 6.49. The van der Waals surface area contributed by atoms with Crippen LogP contribution in [0, 0.1) is 0 Å². The highest BCUT2D eigenvalue weighted by molar-refractivity contribution is 5.98. The van der Waals surface area contributed by atoms with E-state index >= 15 is 0 Å². The first kappa shape index (κ1) is 17.1. The first-order chi connectivity index (χ1) is 12.0. The molecule has 1 aliphatic rings. The third kappa shape index (κ3) is 2.77. The summed E-state index contributed by atoms with van der Waals surface area (Å²) in [6.45, 7) is 2.96. The lowest BCUT2D eigenvalue weighted by Crippen LogP contribution is -2.54. The number of ether oxygens (including phenoxy) is 3. The van der Waals surface area contributed by atoms with Gasteiger partial charge >= 0.3 is 0 Å². The van der Waals surface area contributed by atoms with E-state index in [2.05, 4.69) is 9.97 Å². The van der Waals surface area contributed by atoms with Crippen LogP contribution in [-0.2, 0) is 4.79 Å². The van der Waals surface area contributed by atoms with Crippen LogP contribution < -0.4 is 19.1 Å². The van der Waals surface area contributed by atoms with Gasteiger partial charge in [0.25, 0.3) is 0 Å². The number of anilines is 1. The molecule has 0 radical (unpaired) electrons. The van der Waals surface area contributed by atoms with Gasteiger partial charge in [0, 0.05) is 19.6 Å². The largest absolute Gasteiger partial charge is 0.493 e. The van der Waals surface area contributed by atoms with Crippen molar-refractivity contribution in [1.82, 2.24) is 14.9 Å². The Morgan fingerprint density at radius 3 is 2.44 bits per heavy atom. The topological polar surface area (TPSA) is 77.0 Å². The number of hydrogen-bond acceptors (Lipinski definition) is 7. The average Bonchev–Trinajstić information content (AvgIpc) is 2.63. The molecule has 1 fully saturated rings. The van der Waals surface area contributed by atoms with E-state index in [0.29, 0.717) is 35.1 Å². The van der Waals surface area contributed by atoms with E-state index in [0.717, 1.165) is 5.39 Å². The van der Waals surface area contributed by atoms with Crippen LogP contribution in [0.15, 0.2) is 12.4 Å². The standard InChI is InChI=1S/C17H22N4O4/c1-10-7-21(8-13(22)20(10)2)17-11-6-12(23-3)15(24-4)16(25-5)14(11)18-9-19-17/h6,9-10H,7-8H2,1-5H3/t10-/m1/s1. The van der Waals surface area contributed by atoms with Crippen LogP contribution in [0.3, 0.4) is 0 Å². The van der Waals surface area contributed by atoms with Crippen molar-refractivity contribution in [3.05, 3.63) is 12.4 Å². The normalized spacial score (nSPS) is 17.8. The number of carbonyl (C=O) groups excluding carboxylic acids is 1. The fourth-order valence-electron chi connectivity index (χ4n) is 3.09. The molecule has 1 atom stereocenters. The Balaban J connectivity index is 2.18. The van der Waals surface area contributed by atoms with Gasteiger partial charge in [-0.3, -0.25) is 4.79 Å². The maximum Gasteiger partial charge on any atom is 0.242 e. The molecular weight excluding hydrogens is 324 g/mol. The molecule has 8 nitrogen and oxygen atoms in total. The summed E-state index contributed by atoms with van der Waals surface area (Å²) in [6.07, 6.45) is 1.47. The Morgan fingerprint density at radius 1 is 1.12 bits per heavy atom. The van der Waals surface area contributed by atoms with E-state index in [1.165, 1.54) is 6.33 Å². The smallest absolute Gasteiger partial charge is 0.242 e. The van der Waals surface area contributed by atoms with Crippen molar-refractivity contribution in [2.24, 2.45) is 0 Å². The summed E-state index contributed by atoms with van der Waals surface area (Å²) in [5, 5.41) is 0.751. The van der Waals surface area contributed by atoms with Crippen LogP contribution in [0.4, 0.5) is 5.82 Å². The molecule has 0 N–H and O–H groups in total. The number of aromatic nitrogens is 2. The Kier molecular flexibility index (Phi) is 4.52. The number of hydrogen-bond donors (Lipinski definition) is 0. The number of benzene rings is 1. The van der Waals surface area contributed by atoms with Crippen molar-refractivity contribution in [2.45, 2.75) is 13.0 Å². The van der Waals surface area contributed by atoms with Gasteiger partial charge in [-0.15, -0.1) is 0 Å². The molecule has 3 rings (SSSR count). The van der Waals surface area contributed by atoms with E-state index in [4.69, 9.17) is 14.2 Å². The first-order valence-corrected chi connectivity index (χ1v) is 7.96. The van der Waals surface area contributed by atoms with Crippen LogP contribution in [0.25, 0.3) is 10.9 Å². The van der Waals surface area contributed by atoms with E-state index in [1.807, 2.05) is 24.9 Å². The molecule has 0 bridgehead atoms. The van der Waals surface area contributed by atoms with Crippen molar-refractivity contribution in [1.29, 1.82) is 0 Å². The van der Waals surface area contributed by atoms with Gasteiger partial charge in [0.05, 0.1) is 33.3 Å². The SMILES string of the molecule is COc1cc2c(N3CC(=O)N(C)[C@H](C)C3)ncnc2c(OC)c1OC. The molecule has 8 heteroatoms. The number of rotatable bonds is 4. The molecule has 2 aromatic rings. The molecule has 134 valence electrons. The molecule has 0 spiro atoms. The van der Waals surface area contributed by atoms with Gasteiger partial charge < -0.3 is 24.0 Å². The van der Waals surface area contributed by atoms with Crippen LogP contribution >= 0.6 is 0 Å². The minimum Gasteiger partial charge on any atom is -0.493 e. The maximum atomic E-state index is 12.2. The summed E-state index contributed by atoms with van der Waals surface area (Å²) >= 11 is 0. The summed E-state index contributed by atoms with van der Waals surface area (Å²) in [5.41, 5.74) is 0.615. The number of amides is 1. The van der Waals surface area contributed by atoms with E-state index in [1.54, 1.807) is 26.2 Å². The van der Waals surface area contributed by atoms with Crippen LogP contribution in [0.5, 0.6) is 17.2 Å². The molecule has 1 aromatic heterocycles.